The first kappa shape index (κ1) is 11.6. The third-order valence-corrected chi connectivity index (χ3v) is 2.45. The third kappa shape index (κ3) is 3.55. The zero-order valence-electron chi connectivity index (χ0n) is 9.98. The van der Waals surface area contributed by atoms with Gasteiger partial charge in [-0.3, -0.25) is 0 Å². The Morgan fingerprint density at radius 2 is 2.18 bits per heavy atom. The monoisotopic (exact) mass is 231 g/mol. The van der Waals surface area contributed by atoms with Gasteiger partial charge in [0.2, 0.25) is 0 Å². The highest BCUT2D eigenvalue weighted by molar-refractivity contribution is 5.34. The molecule has 0 saturated heterocycles. The molecule has 17 heavy (non-hydrogen) atoms. The summed E-state index contributed by atoms with van der Waals surface area (Å²) in [7, 11) is 0. The summed E-state index contributed by atoms with van der Waals surface area (Å²) < 4.78 is 0. The zero-order valence-corrected chi connectivity index (χ0v) is 9.98. The predicted molar refractivity (Wildman–Crippen MR) is 66.8 cm³/mol. The van der Waals surface area contributed by atoms with Crippen LogP contribution in [0.25, 0.3) is 0 Å². The number of anilines is 1. The van der Waals surface area contributed by atoms with Gasteiger partial charge in [-0.15, -0.1) is 0 Å². The number of hydrogen-bond donors (Lipinski definition) is 2. The minimum atomic E-state index is 0.816. The first-order valence-electron chi connectivity index (χ1n) is 5.91. The van der Waals surface area contributed by atoms with Crippen LogP contribution in [0.4, 0.5) is 5.82 Å². The SMILES string of the molecule is CCCc1cc(NCCc2ncc[nH]2)ncn1. The minimum absolute atomic E-state index is 0.816. The lowest BCUT2D eigenvalue weighted by Crippen LogP contribution is -2.08. The van der Waals surface area contributed by atoms with Gasteiger partial charge in [-0.05, 0) is 6.42 Å². The van der Waals surface area contributed by atoms with E-state index in [2.05, 4.69) is 32.2 Å². The van der Waals surface area contributed by atoms with E-state index in [1.54, 1.807) is 12.5 Å². The molecule has 5 heteroatoms. The molecule has 0 aliphatic rings. The summed E-state index contributed by atoms with van der Waals surface area (Å²) >= 11 is 0. The van der Waals surface area contributed by atoms with Gasteiger partial charge in [-0.25, -0.2) is 15.0 Å². The van der Waals surface area contributed by atoms with Crippen molar-refractivity contribution >= 4 is 5.82 Å². The standard InChI is InChI=1S/C12H17N5/c1-2-3-10-8-12(17-9-16-10)13-5-4-11-14-6-7-15-11/h6-9H,2-5H2,1H3,(H,14,15)(H,13,16,17). The molecule has 2 N–H and O–H groups in total. The van der Waals surface area contributed by atoms with Crippen LogP contribution in [0.2, 0.25) is 0 Å². The molecule has 2 rings (SSSR count). The van der Waals surface area contributed by atoms with Gasteiger partial charge in [-0.2, -0.15) is 0 Å². The first-order chi connectivity index (χ1) is 8.38. The minimum Gasteiger partial charge on any atom is -0.370 e. The molecule has 0 unspecified atom stereocenters. The number of nitrogens with zero attached hydrogens (tertiary/aromatic N) is 3. The normalized spacial score (nSPS) is 10.4. The van der Waals surface area contributed by atoms with Crippen molar-refractivity contribution in [2.75, 3.05) is 11.9 Å². The summed E-state index contributed by atoms with van der Waals surface area (Å²) in [6, 6.07) is 2.01. The Morgan fingerprint density at radius 1 is 1.24 bits per heavy atom. The van der Waals surface area contributed by atoms with E-state index in [0.29, 0.717) is 0 Å². The average Bonchev–Trinajstić information content (AvgIpc) is 2.83. The molecule has 0 atom stereocenters. The molecule has 5 nitrogen and oxygen atoms in total. The summed E-state index contributed by atoms with van der Waals surface area (Å²) in [6.45, 7) is 2.96. The molecule has 0 radical (unpaired) electrons. The van der Waals surface area contributed by atoms with Crippen molar-refractivity contribution in [1.29, 1.82) is 0 Å². The molecule has 0 aromatic carbocycles. The molecule has 90 valence electrons. The number of rotatable bonds is 6. The summed E-state index contributed by atoms with van der Waals surface area (Å²) in [5.41, 5.74) is 1.09. The smallest absolute Gasteiger partial charge is 0.129 e. The highest BCUT2D eigenvalue weighted by Crippen LogP contribution is 2.05. The Kier molecular flexibility index (Phi) is 4.07. The quantitative estimate of drug-likeness (QED) is 0.795. The van der Waals surface area contributed by atoms with Gasteiger partial charge in [0, 0.05) is 37.1 Å². The zero-order chi connectivity index (χ0) is 11.9. The van der Waals surface area contributed by atoms with E-state index >= 15 is 0 Å². The fourth-order valence-corrected chi connectivity index (χ4v) is 1.63. The molecule has 2 aromatic heterocycles. The lowest BCUT2D eigenvalue weighted by Gasteiger charge is -2.05. The van der Waals surface area contributed by atoms with Crippen molar-refractivity contribution in [3.05, 3.63) is 36.3 Å². The first-order valence-corrected chi connectivity index (χ1v) is 5.91. The molecule has 0 saturated carbocycles. The van der Waals surface area contributed by atoms with Crippen LogP contribution >= 0.6 is 0 Å². The number of aromatic nitrogens is 4. The lowest BCUT2D eigenvalue weighted by atomic mass is 10.2. The summed E-state index contributed by atoms with van der Waals surface area (Å²) in [5, 5.41) is 3.27. The van der Waals surface area contributed by atoms with E-state index in [9.17, 15) is 0 Å². The van der Waals surface area contributed by atoms with Crippen LogP contribution in [0.1, 0.15) is 24.9 Å². The van der Waals surface area contributed by atoms with Crippen molar-refractivity contribution < 1.29 is 0 Å². The maximum atomic E-state index is 4.22. The van der Waals surface area contributed by atoms with E-state index in [1.807, 2.05) is 12.3 Å². The lowest BCUT2D eigenvalue weighted by molar-refractivity contribution is 0.867. The van der Waals surface area contributed by atoms with Gasteiger partial charge >= 0.3 is 0 Å². The highest BCUT2D eigenvalue weighted by atomic mass is 15.0. The van der Waals surface area contributed by atoms with Crippen LogP contribution in [0.5, 0.6) is 0 Å². The van der Waals surface area contributed by atoms with Crippen LogP contribution in [0.15, 0.2) is 24.8 Å². The number of aromatic amines is 1. The second kappa shape index (κ2) is 5.98. The molecule has 0 amide bonds. The highest BCUT2D eigenvalue weighted by Gasteiger charge is 1.98. The molecule has 0 spiro atoms. The summed E-state index contributed by atoms with van der Waals surface area (Å²) in [6.07, 6.45) is 8.16. The maximum absolute atomic E-state index is 4.22. The van der Waals surface area contributed by atoms with E-state index in [-0.39, 0.29) is 0 Å². The van der Waals surface area contributed by atoms with Gasteiger partial charge < -0.3 is 10.3 Å². The maximum Gasteiger partial charge on any atom is 0.129 e. The topological polar surface area (TPSA) is 66.5 Å². The van der Waals surface area contributed by atoms with E-state index < -0.39 is 0 Å². The second-order valence-corrected chi connectivity index (χ2v) is 3.86. The third-order valence-electron chi connectivity index (χ3n) is 2.45. The molecule has 0 fully saturated rings. The van der Waals surface area contributed by atoms with Gasteiger partial charge in [-0.1, -0.05) is 13.3 Å². The van der Waals surface area contributed by atoms with Gasteiger partial charge in [0.25, 0.3) is 0 Å². The van der Waals surface area contributed by atoms with E-state index in [0.717, 1.165) is 43.1 Å². The van der Waals surface area contributed by atoms with E-state index in [4.69, 9.17) is 0 Å². The molecular weight excluding hydrogens is 214 g/mol. The van der Waals surface area contributed by atoms with Crippen molar-refractivity contribution in [2.45, 2.75) is 26.2 Å². The van der Waals surface area contributed by atoms with E-state index in [1.165, 1.54) is 0 Å². The fourth-order valence-electron chi connectivity index (χ4n) is 1.63. The van der Waals surface area contributed by atoms with Crippen LogP contribution in [0.3, 0.4) is 0 Å². The van der Waals surface area contributed by atoms with Crippen LogP contribution in [-0.2, 0) is 12.8 Å². The number of H-pyrrole nitrogens is 1. The van der Waals surface area contributed by atoms with Crippen LogP contribution < -0.4 is 5.32 Å². The Hall–Kier alpha value is -1.91. The fraction of sp³-hybridized carbons (Fsp3) is 0.417. The number of hydrogen-bond acceptors (Lipinski definition) is 4. The van der Waals surface area contributed by atoms with Crippen LogP contribution in [-0.4, -0.2) is 26.5 Å². The van der Waals surface area contributed by atoms with Crippen LogP contribution in [0, 0.1) is 0 Å². The Labute approximate surface area is 101 Å². The molecular formula is C12H17N5. The molecule has 0 aliphatic heterocycles. The summed E-state index contributed by atoms with van der Waals surface area (Å²) in [5.74, 6) is 1.87. The van der Waals surface area contributed by atoms with Crippen molar-refractivity contribution in [2.24, 2.45) is 0 Å². The van der Waals surface area contributed by atoms with Gasteiger partial charge in [0.15, 0.2) is 0 Å². The average molecular weight is 231 g/mol. The Balaban J connectivity index is 1.84. The summed E-state index contributed by atoms with van der Waals surface area (Å²) in [4.78, 5) is 15.6. The molecule has 2 heterocycles. The molecule has 0 bridgehead atoms. The number of nitrogens with one attached hydrogen (secondary N) is 2. The Morgan fingerprint density at radius 3 is 2.94 bits per heavy atom. The molecule has 0 aliphatic carbocycles. The van der Waals surface area contributed by atoms with Gasteiger partial charge in [0.05, 0.1) is 0 Å². The Bertz CT molecular complexity index is 438. The number of imidazole rings is 1. The predicted octanol–water partition coefficient (Wildman–Crippen LogP) is 1.81. The van der Waals surface area contributed by atoms with Gasteiger partial charge in [0.1, 0.15) is 18.0 Å². The van der Waals surface area contributed by atoms with Crippen molar-refractivity contribution in [3.63, 3.8) is 0 Å². The largest absolute Gasteiger partial charge is 0.370 e. The van der Waals surface area contributed by atoms with Crippen molar-refractivity contribution in [3.8, 4) is 0 Å². The molecule has 2 aromatic rings. The van der Waals surface area contributed by atoms with Crippen molar-refractivity contribution in [1.82, 2.24) is 19.9 Å². The number of aryl methyl sites for hydroxylation is 1. The second-order valence-electron chi connectivity index (χ2n) is 3.86.